The number of carbonyl (C=O) groups excluding carboxylic acids is 1. The van der Waals surface area contributed by atoms with Crippen LogP contribution in [0.1, 0.15) is 17.5 Å². The standard InChI is InChI=1S/C12H12O3/c13-8-2-5-10-3-1-4-11(9-10)6-7-12(14)15/h1,3-4,6-9H,2,5H2,(H,14,15). The first-order valence-corrected chi connectivity index (χ1v) is 4.66. The highest BCUT2D eigenvalue weighted by atomic mass is 16.4. The molecule has 0 fully saturated rings. The second-order valence-electron chi connectivity index (χ2n) is 3.12. The van der Waals surface area contributed by atoms with Gasteiger partial charge in [-0.15, -0.1) is 0 Å². The van der Waals surface area contributed by atoms with Gasteiger partial charge in [0.15, 0.2) is 0 Å². The Kier molecular flexibility index (Phi) is 4.29. The number of aryl methyl sites for hydroxylation is 1. The smallest absolute Gasteiger partial charge is 0.328 e. The molecular formula is C12H12O3. The second kappa shape index (κ2) is 5.75. The van der Waals surface area contributed by atoms with Crippen molar-refractivity contribution in [2.45, 2.75) is 12.8 Å². The fraction of sp³-hybridized carbons (Fsp3) is 0.167. The van der Waals surface area contributed by atoms with Crippen molar-refractivity contribution >= 4 is 18.3 Å². The third kappa shape index (κ3) is 4.22. The minimum atomic E-state index is -0.965. The Labute approximate surface area is 88.0 Å². The van der Waals surface area contributed by atoms with E-state index in [0.717, 1.165) is 23.5 Å². The van der Waals surface area contributed by atoms with Crippen molar-refractivity contribution in [3.8, 4) is 0 Å². The average Bonchev–Trinajstić information content (AvgIpc) is 2.24. The fourth-order valence-corrected chi connectivity index (χ4v) is 1.25. The van der Waals surface area contributed by atoms with Crippen molar-refractivity contribution in [2.75, 3.05) is 0 Å². The topological polar surface area (TPSA) is 54.4 Å². The van der Waals surface area contributed by atoms with Gasteiger partial charge in [-0.2, -0.15) is 0 Å². The molecule has 3 nitrogen and oxygen atoms in total. The number of carbonyl (C=O) groups is 2. The van der Waals surface area contributed by atoms with Crippen molar-refractivity contribution in [3.05, 3.63) is 41.5 Å². The highest BCUT2D eigenvalue weighted by molar-refractivity contribution is 5.85. The molecule has 15 heavy (non-hydrogen) atoms. The minimum absolute atomic E-state index is 0.492. The number of carboxylic acid groups (broad SMARTS) is 1. The van der Waals surface area contributed by atoms with Crippen molar-refractivity contribution in [1.29, 1.82) is 0 Å². The summed E-state index contributed by atoms with van der Waals surface area (Å²) in [7, 11) is 0. The molecule has 0 amide bonds. The lowest BCUT2D eigenvalue weighted by atomic mass is 10.1. The lowest BCUT2D eigenvalue weighted by Gasteiger charge is -1.99. The summed E-state index contributed by atoms with van der Waals surface area (Å²) in [5, 5.41) is 8.45. The van der Waals surface area contributed by atoms with Crippen molar-refractivity contribution < 1.29 is 14.7 Å². The van der Waals surface area contributed by atoms with Gasteiger partial charge < -0.3 is 9.90 Å². The largest absolute Gasteiger partial charge is 0.478 e. The van der Waals surface area contributed by atoms with Gasteiger partial charge in [-0.1, -0.05) is 24.3 Å². The predicted octanol–water partition coefficient (Wildman–Crippen LogP) is 1.92. The summed E-state index contributed by atoms with van der Waals surface area (Å²) in [5.41, 5.74) is 1.87. The summed E-state index contributed by atoms with van der Waals surface area (Å²) in [6.07, 6.45) is 4.69. The van der Waals surface area contributed by atoms with Crippen LogP contribution >= 0.6 is 0 Å². The minimum Gasteiger partial charge on any atom is -0.478 e. The molecule has 0 aliphatic carbocycles. The molecule has 0 aromatic heterocycles. The van der Waals surface area contributed by atoms with Gasteiger partial charge in [0.25, 0.3) is 0 Å². The number of rotatable bonds is 5. The summed E-state index contributed by atoms with van der Waals surface area (Å²) in [6, 6.07) is 7.47. The SMILES string of the molecule is O=CCCc1cccc(C=CC(=O)O)c1. The molecule has 0 unspecified atom stereocenters. The fourth-order valence-electron chi connectivity index (χ4n) is 1.25. The van der Waals surface area contributed by atoms with E-state index >= 15 is 0 Å². The number of carboxylic acids is 1. The first-order valence-electron chi connectivity index (χ1n) is 4.66. The summed E-state index contributed by atoms with van der Waals surface area (Å²) in [4.78, 5) is 20.5. The average molecular weight is 204 g/mol. The van der Waals surface area contributed by atoms with E-state index in [2.05, 4.69) is 0 Å². The molecule has 0 spiro atoms. The van der Waals surface area contributed by atoms with Crippen LogP contribution in [0.25, 0.3) is 6.08 Å². The number of aliphatic carboxylic acids is 1. The Morgan fingerprint density at radius 1 is 1.40 bits per heavy atom. The van der Waals surface area contributed by atoms with E-state index in [-0.39, 0.29) is 0 Å². The number of aldehydes is 1. The summed E-state index contributed by atoms with van der Waals surface area (Å²) < 4.78 is 0. The molecule has 1 aromatic carbocycles. The van der Waals surface area contributed by atoms with E-state index in [1.165, 1.54) is 6.08 Å². The van der Waals surface area contributed by atoms with Crippen LogP contribution in [0.2, 0.25) is 0 Å². The van der Waals surface area contributed by atoms with Crippen molar-refractivity contribution in [2.24, 2.45) is 0 Å². The number of hydrogen-bond acceptors (Lipinski definition) is 2. The molecule has 1 rings (SSSR count). The van der Waals surface area contributed by atoms with Gasteiger partial charge in [0.2, 0.25) is 0 Å². The Balaban J connectivity index is 2.73. The molecule has 78 valence electrons. The van der Waals surface area contributed by atoms with Crippen LogP contribution in [0, 0.1) is 0 Å². The molecule has 0 saturated carbocycles. The van der Waals surface area contributed by atoms with Crippen LogP contribution in [-0.4, -0.2) is 17.4 Å². The molecule has 0 bridgehead atoms. The Morgan fingerprint density at radius 3 is 2.87 bits per heavy atom. The van der Waals surface area contributed by atoms with Gasteiger partial charge in [-0.25, -0.2) is 4.79 Å². The number of benzene rings is 1. The van der Waals surface area contributed by atoms with Gasteiger partial charge in [0, 0.05) is 12.5 Å². The molecule has 3 heteroatoms. The Morgan fingerprint density at radius 2 is 2.20 bits per heavy atom. The maximum Gasteiger partial charge on any atom is 0.328 e. The lowest BCUT2D eigenvalue weighted by molar-refractivity contribution is -0.131. The normalized spacial score (nSPS) is 10.4. The first kappa shape index (κ1) is 11.2. The van der Waals surface area contributed by atoms with Crippen LogP contribution in [0.15, 0.2) is 30.3 Å². The third-order valence-corrected chi connectivity index (χ3v) is 1.92. The quantitative estimate of drug-likeness (QED) is 0.588. The Hall–Kier alpha value is -1.90. The Bertz CT molecular complexity index is 380. The molecule has 0 aliphatic rings. The van der Waals surface area contributed by atoms with Crippen LogP contribution in [-0.2, 0) is 16.0 Å². The van der Waals surface area contributed by atoms with Gasteiger partial charge in [0.05, 0.1) is 0 Å². The second-order valence-corrected chi connectivity index (χ2v) is 3.12. The van der Waals surface area contributed by atoms with Crippen LogP contribution < -0.4 is 0 Å². The molecule has 1 aromatic rings. The van der Waals surface area contributed by atoms with Crippen LogP contribution in [0.3, 0.4) is 0 Å². The zero-order chi connectivity index (χ0) is 11.1. The molecule has 0 heterocycles. The molecule has 0 atom stereocenters. The maximum absolute atomic E-state index is 10.3. The van der Waals surface area contributed by atoms with Gasteiger partial charge >= 0.3 is 5.97 Å². The maximum atomic E-state index is 10.3. The third-order valence-electron chi connectivity index (χ3n) is 1.92. The highest BCUT2D eigenvalue weighted by Gasteiger charge is 1.94. The predicted molar refractivity (Wildman–Crippen MR) is 57.5 cm³/mol. The van der Waals surface area contributed by atoms with E-state index in [4.69, 9.17) is 5.11 Å². The van der Waals surface area contributed by atoms with E-state index in [1.54, 1.807) is 0 Å². The van der Waals surface area contributed by atoms with E-state index < -0.39 is 5.97 Å². The molecule has 0 radical (unpaired) electrons. The highest BCUT2D eigenvalue weighted by Crippen LogP contribution is 2.08. The zero-order valence-corrected chi connectivity index (χ0v) is 8.22. The van der Waals surface area contributed by atoms with E-state index in [1.807, 2.05) is 24.3 Å². The van der Waals surface area contributed by atoms with Crippen LogP contribution in [0.4, 0.5) is 0 Å². The van der Waals surface area contributed by atoms with Gasteiger partial charge in [-0.05, 0) is 23.6 Å². The first-order chi connectivity index (χ1) is 7.22. The summed E-state index contributed by atoms with van der Waals surface area (Å²) in [5.74, 6) is -0.965. The van der Waals surface area contributed by atoms with Crippen LogP contribution in [0.5, 0.6) is 0 Å². The van der Waals surface area contributed by atoms with Crippen molar-refractivity contribution in [1.82, 2.24) is 0 Å². The number of hydrogen-bond donors (Lipinski definition) is 1. The van der Waals surface area contributed by atoms with Crippen molar-refractivity contribution in [3.63, 3.8) is 0 Å². The van der Waals surface area contributed by atoms with Gasteiger partial charge in [0.1, 0.15) is 6.29 Å². The zero-order valence-electron chi connectivity index (χ0n) is 8.22. The molecule has 1 N–H and O–H groups in total. The monoisotopic (exact) mass is 204 g/mol. The summed E-state index contributed by atoms with van der Waals surface area (Å²) >= 11 is 0. The lowest BCUT2D eigenvalue weighted by Crippen LogP contribution is -1.88. The van der Waals surface area contributed by atoms with E-state index in [0.29, 0.717) is 12.8 Å². The molecule has 0 aliphatic heterocycles. The van der Waals surface area contributed by atoms with Gasteiger partial charge in [-0.3, -0.25) is 0 Å². The summed E-state index contributed by atoms with van der Waals surface area (Å²) in [6.45, 7) is 0. The van der Waals surface area contributed by atoms with E-state index in [9.17, 15) is 9.59 Å². The molecular weight excluding hydrogens is 192 g/mol. The molecule has 0 saturated heterocycles.